The Morgan fingerprint density at radius 2 is 1.42 bits per heavy atom. The van der Waals surface area contributed by atoms with Gasteiger partial charge in [-0.15, -0.1) is 0 Å². The first kappa shape index (κ1) is 39.2. The van der Waals surface area contributed by atoms with Crippen molar-refractivity contribution in [2.24, 2.45) is 17.6 Å². The Morgan fingerprint density at radius 1 is 0.780 bits per heavy atom. The molecule has 3 aromatic rings. The summed E-state index contributed by atoms with van der Waals surface area (Å²) < 4.78 is 5.29. The Morgan fingerprint density at radius 3 is 2.04 bits per heavy atom. The van der Waals surface area contributed by atoms with Crippen molar-refractivity contribution in [3.05, 3.63) is 83.9 Å². The van der Waals surface area contributed by atoms with Crippen molar-refractivity contribution in [1.82, 2.24) is 21.3 Å². The van der Waals surface area contributed by atoms with Crippen LogP contribution in [0, 0.1) is 11.8 Å². The zero-order valence-electron chi connectivity index (χ0n) is 29.6. The minimum atomic E-state index is -1.64. The number of amides is 5. The van der Waals surface area contributed by atoms with Crippen molar-refractivity contribution in [2.45, 2.75) is 91.1 Å². The maximum absolute atomic E-state index is 13.5. The molecule has 0 aliphatic heterocycles. The number of carbonyl (C=O) groups excluding carboxylic acids is 6. The summed E-state index contributed by atoms with van der Waals surface area (Å²) in [5.74, 6) is -4.70. The molecule has 0 bridgehead atoms. The van der Waals surface area contributed by atoms with Gasteiger partial charge in [0, 0.05) is 6.42 Å². The molecule has 0 spiro atoms. The molecule has 3 aromatic carbocycles. The number of rotatable bonds is 17. The standard InChI is InChI=1S/C38H49N5O7/c1-7-24(4)31(42-34(46)30(19-23(2)3)41-37(49)50-22-25-13-9-8-10-14-25)32(44)35(47)43-38(5,6)36(48)40-29(33(39)45)21-26-17-18-27-15-11-12-16-28(27)20-26/h8-18,20,23-24,29-31H,7,19,21-22H2,1-6H3,(H2,39,45)(H,40,48)(H,41,49)(H,42,46)(H,43,47). The maximum atomic E-state index is 13.5. The van der Waals surface area contributed by atoms with E-state index >= 15 is 0 Å². The Hall–Kier alpha value is -5.26. The van der Waals surface area contributed by atoms with Gasteiger partial charge < -0.3 is 31.7 Å². The summed E-state index contributed by atoms with van der Waals surface area (Å²) in [6.07, 6.45) is -0.0126. The molecular formula is C38H49N5O7. The number of alkyl carbamates (subject to hydrolysis) is 1. The third-order valence-electron chi connectivity index (χ3n) is 8.44. The molecule has 4 atom stereocenters. The molecule has 0 aliphatic carbocycles. The zero-order chi connectivity index (χ0) is 37.0. The SMILES string of the molecule is CCC(C)C(NC(=O)C(CC(C)C)NC(=O)OCc1ccccc1)C(=O)C(=O)NC(C)(C)C(=O)NC(Cc1ccc2ccccc2c1)C(N)=O. The summed E-state index contributed by atoms with van der Waals surface area (Å²) in [6.45, 7) is 10.0. The van der Waals surface area contributed by atoms with Crippen LogP contribution in [0.2, 0.25) is 0 Å². The molecule has 0 radical (unpaired) electrons. The van der Waals surface area contributed by atoms with Crippen LogP contribution in [0.15, 0.2) is 72.8 Å². The van der Waals surface area contributed by atoms with E-state index in [0.29, 0.717) is 6.42 Å². The molecule has 268 valence electrons. The lowest BCUT2D eigenvalue weighted by atomic mass is 9.93. The summed E-state index contributed by atoms with van der Waals surface area (Å²) in [5.41, 5.74) is 5.53. The number of Topliss-reactive ketones (excluding diaryl/α,β-unsaturated/α-hetero) is 1. The van der Waals surface area contributed by atoms with Gasteiger partial charge in [-0.2, -0.15) is 0 Å². The van der Waals surface area contributed by atoms with Crippen molar-refractivity contribution in [2.75, 3.05) is 0 Å². The molecule has 12 heteroatoms. The second-order valence-corrected chi connectivity index (χ2v) is 13.5. The first-order valence-corrected chi connectivity index (χ1v) is 16.8. The van der Waals surface area contributed by atoms with Gasteiger partial charge in [-0.25, -0.2) is 4.79 Å². The van der Waals surface area contributed by atoms with E-state index in [1.807, 2.05) is 74.5 Å². The fourth-order valence-electron chi connectivity index (χ4n) is 5.27. The quantitative estimate of drug-likeness (QED) is 0.134. The number of ether oxygens (including phenoxy) is 1. The molecule has 0 fully saturated rings. The van der Waals surface area contributed by atoms with E-state index < -0.39 is 65.1 Å². The van der Waals surface area contributed by atoms with Crippen LogP contribution in [0.1, 0.15) is 65.5 Å². The van der Waals surface area contributed by atoms with Gasteiger partial charge in [0.25, 0.3) is 5.91 Å². The van der Waals surface area contributed by atoms with Crippen LogP contribution in [0.5, 0.6) is 0 Å². The number of benzene rings is 3. The van der Waals surface area contributed by atoms with Gasteiger partial charge in [0.05, 0.1) is 6.04 Å². The topological polar surface area (TPSA) is 186 Å². The van der Waals surface area contributed by atoms with Crippen LogP contribution < -0.4 is 27.0 Å². The highest BCUT2D eigenvalue weighted by Crippen LogP contribution is 2.18. The molecule has 0 saturated heterocycles. The molecular weight excluding hydrogens is 638 g/mol. The highest BCUT2D eigenvalue weighted by molar-refractivity contribution is 6.39. The van der Waals surface area contributed by atoms with Gasteiger partial charge in [-0.1, -0.05) is 107 Å². The minimum absolute atomic E-state index is 0.00380. The molecule has 0 heterocycles. The minimum Gasteiger partial charge on any atom is -0.445 e. The smallest absolute Gasteiger partial charge is 0.408 e. The second-order valence-electron chi connectivity index (χ2n) is 13.5. The van der Waals surface area contributed by atoms with Crippen molar-refractivity contribution in [3.63, 3.8) is 0 Å². The summed E-state index contributed by atoms with van der Waals surface area (Å²) in [5, 5.41) is 12.3. The number of nitrogens with one attached hydrogen (secondary N) is 4. The molecule has 12 nitrogen and oxygen atoms in total. The van der Waals surface area contributed by atoms with E-state index in [-0.39, 0.29) is 25.4 Å². The number of carbonyl (C=O) groups is 6. The molecule has 5 amide bonds. The molecule has 0 aromatic heterocycles. The van der Waals surface area contributed by atoms with Crippen LogP contribution >= 0.6 is 0 Å². The maximum Gasteiger partial charge on any atom is 0.408 e. The van der Waals surface area contributed by atoms with E-state index in [1.165, 1.54) is 13.8 Å². The first-order valence-electron chi connectivity index (χ1n) is 16.8. The highest BCUT2D eigenvalue weighted by atomic mass is 16.5. The van der Waals surface area contributed by atoms with Gasteiger partial charge in [0.2, 0.25) is 23.5 Å². The average Bonchev–Trinajstić information content (AvgIpc) is 3.08. The molecule has 4 unspecified atom stereocenters. The van der Waals surface area contributed by atoms with Crippen LogP contribution in [0.3, 0.4) is 0 Å². The largest absolute Gasteiger partial charge is 0.445 e. The fraction of sp³-hybridized carbons (Fsp3) is 0.421. The van der Waals surface area contributed by atoms with Crippen LogP contribution in [0.4, 0.5) is 4.79 Å². The van der Waals surface area contributed by atoms with Crippen molar-refractivity contribution in [3.8, 4) is 0 Å². The third kappa shape index (κ3) is 11.4. The Balaban J connectivity index is 1.67. The van der Waals surface area contributed by atoms with Crippen molar-refractivity contribution < 1.29 is 33.5 Å². The Kier molecular flexibility index (Phi) is 14.1. The van der Waals surface area contributed by atoms with E-state index in [0.717, 1.165) is 21.9 Å². The molecule has 6 N–H and O–H groups in total. The Labute approximate surface area is 293 Å². The lowest BCUT2D eigenvalue weighted by Gasteiger charge is -2.29. The van der Waals surface area contributed by atoms with E-state index in [4.69, 9.17) is 10.5 Å². The van der Waals surface area contributed by atoms with Gasteiger partial charge >= 0.3 is 6.09 Å². The van der Waals surface area contributed by atoms with Gasteiger partial charge in [0.15, 0.2) is 0 Å². The third-order valence-corrected chi connectivity index (χ3v) is 8.44. The second kappa shape index (κ2) is 17.9. The number of fused-ring (bicyclic) bond motifs is 1. The number of primary amides is 1. The number of ketones is 1. The summed E-state index contributed by atoms with van der Waals surface area (Å²) in [6, 6.07) is 19.0. The first-order chi connectivity index (χ1) is 23.6. The monoisotopic (exact) mass is 687 g/mol. The number of hydrogen-bond acceptors (Lipinski definition) is 7. The molecule has 3 rings (SSSR count). The predicted molar refractivity (Wildman–Crippen MR) is 190 cm³/mol. The lowest BCUT2D eigenvalue weighted by Crippen LogP contribution is -2.62. The lowest BCUT2D eigenvalue weighted by molar-refractivity contribution is -0.143. The molecule has 50 heavy (non-hydrogen) atoms. The number of nitrogens with two attached hydrogens (primary N) is 1. The highest BCUT2D eigenvalue weighted by Gasteiger charge is 2.38. The van der Waals surface area contributed by atoms with Gasteiger partial charge in [0.1, 0.15) is 24.2 Å². The van der Waals surface area contributed by atoms with Crippen LogP contribution in [-0.4, -0.2) is 59.2 Å². The normalized spacial score (nSPS) is 13.7. The summed E-state index contributed by atoms with van der Waals surface area (Å²) in [4.78, 5) is 78.6. The summed E-state index contributed by atoms with van der Waals surface area (Å²) >= 11 is 0. The van der Waals surface area contributed by atoms with E-state index in [2.05, 4.69) is 21.3 Å². The summed E-state index contributed by atoms with van der Waals surface area (Å²) in [7, 11) is 0. The van der Waals surface area contributed by atoms with Crippen molar-refractivity contribution in [1.29, 1.82) is 0 Å². The van der Waals surface area contributed by atoms with Crippen molar-refractivity contribution >= 4 is 46.3 Å². The Bertz CT molecular complexity index is 1670. The molecule has 0 aliphatic rings. The average molecular weight is 688 g/mol. The van der Waals surface area contributed by atoms with Gasteiger partial charge in [-0.3, -0.25) is 24.0 Å². The van der Waals surface area contributed by atoms with Crippen LogP contribution in [-0.2, 0) is 41.7 Å². The predicted octanol–water partition coefficient (Wildman–Crippen LogP) is 3.69. The zero-order valence-corrected chi connectivity index (χ0v) is 29.6. The molecule has 0 saturated carbocycles. The van der Waals surface area contributed by atoms with Gasteiger partial charge in [-0.05, 0) is 54.0 Å². The van der Waals surface area contributed by atoms with E-state index in [9.17, 15) is 28.8 Å². The fourth-order valence-corrected chi connectivity index (χ4v) is 5.27. The van der Waals surface area contributed by atoms with E-state index in [1.54, 1.807) is 26.0 Å². The number of hydrogen-bond donors (Lipinski definition) is 5. The van der Waals surface area contributed by atoms with Crippen LogP contribution in [0.25, 0.3) is 10.8 Å².